The van der Waals surface area contributed by atoms with Crippen molar-refractivity contribution in [3.8, 4) is 21.8 Å². The first kappa shape index (κ1) is 19.8. The minimum Gasteiger partial charge on any atom is -0.451 e. The fourth-order valence-electron chi connectivity index (χ4n) is 2.57. The Bertz CT molecular complexity index is 939. The Kier molecular flexibility index (Phi) is 6.55. The molecule has 3 rings (SSSR count). The molecule has 1 N–H and O–H groups in total. The van der Waals surface area contributed by atoms with Crippen LogP contribution in [0.4, 0.5) is 0 Å². The zero-order chi connectivity index (χ0) is 19.9. The molecule has 1 heterocycles. The number of carbonyl (C=O) groups excluding carboxylic acids is 2. The van der Waals surface area contributed by atoms with Crippen LogP contribution in [-0.4, -0.2) is 29.5 Å². The molecule has 0 unspecified atom stereocenters. The average Bonchev–Trinajstić information content (AvgIpc) is 3.19. The molecule has 28 heavy (non-hydrogen) atoms. The number of hydrogen-bond donors (Lipinski definition) is 1. The number of benzene rings is 2. The number of carbonyl (C=O) groups is 2. The molecule has 1 atom stereocenters. The van der Waals surface area contributed by atoms with E-state index in [9.17, 15) is 9.59 Å². The number of esters is 1. The van der Waals surface area contributed by atoms with Gasteiger partial charge in [0.15, 0.2) is 6.61 Å². The summed E-state index contributed by atoms with van der Waals surface area (Å²) < 4.78 is 5.27. The second-order valence-corrected chi connectivity index (χ2v) is 7.38. The molecule has 5 nitrogen and oxygen atoms in total. The molecule has 0 aliphatic carbocycles. The summed E-state index contributed by atoms with van der Waals surface area (Å²) in [5.41, 5.74) is 2.33. The van der Waals surface area contributed by atoms with Crippen LogP contribution in [0.3, 0.4) is 0 Å². The van der Waals surface area contributed by atoms with Gasteiger partial charge in [0.25, 0.3) is 5.91 Å². The average molecular weight is 394 g/mol. The van der Waals surface area contributed by atoms with Crippen molar-refractivity contribution < 1.29 is 14.3 Å². The molecule has 0 bridgehead atoms. The molecule has 3 aromatic rings. The Morgan fingerprint density at radius 1 is 1.04 bits per heavy atom. The Hall–Kier alpha value is -2.99. The molecule has 0 aliphatic rings. The highest BCUT2D eigenvalue weighted by atomic mass is 32.1. The summed E-state index contributed by atoms with van der Waals surface area (Å²) in [5, 5.41) is 3.52. The van der Waals surface area contributed by atoms with Gasteiger partial charge in [0, 0.05) is 17.2 Å². The predicted octanol–water partition coefficient (Wildman–Crippen LogP) is 4.55. The lowest BCUT2D eigenvalue weighted by molar-refractivity contribution is -0.124. The van der Waals surface area contributed by atoms with Crippen LogP contribution in [0.25, 0.3) is 21.8 Å². The van der Waals surface area contributed by atoms with Gasteiger partial charge in [-0.1, -0.05) is 67.6 Å². The van der Waals surface area contributed by atoms with Gasteiger partial charge in [0.1, 0.15) is 9.88 Å². The van der Waals surface area contributed by atoms with E-state index in [-0.39, 0.29) is 18.6 Å². The summed E-state index contributed by atoms with van der Waals surface area (Å²) in [6.07, 6.45) is 0.813. The van der Waals surface area contributed by atoms with E-state index in [1.807, 2.05) is 74.5 Å². The first-order valence-corrected chi connectivity index (χ1v) is 9.98. The molecule has 0 spiro atoms. The van der Waals surface area contributed by atoms with Gasteiger partial charge in [-0.05, 0) is 13.3 Å². The molecule has 144 valence electrons. The first-order chi connectivity index (χ1) is 13.6. The molecular formula is C22H22N2O3S. The molecule has 0 saturated carbocycles. The van der Waals surface area contributed by atoms with E-state index in [0.29, 0.717) is 10.6 Å². The molecule has 1 aromatic heterocycles. The zero-order valence-electron chi connectivity index (χ0n) is 15.8. The van der Waals surface area contributed by atoms with Gasteiger partial charge in [0.05, 0.1) is 5.69 Å². The molecule has 0 fully saturated rings. The van der Waals surface area contributed by atoms with Crippen molar-refractivity contribution in [2.24, 2.45) is 0 Å². The molecular weight excluding hydrogens is 372 g/mol. The van der Waals surface area contributed by atoms with Gasteiger partial charge in [0.2, 0.25) is 0 Å². The number of ether oxygens (including phenoxy) is 1. The second kappa shape index (κ2) is 9.28. The standard InChI is InChI=1S/C22H22N2O3S/c1-3-15(2)23-18(25)14-27-22(26)20-19(16-10-6-4-7-11-16)24-21(28-20)17-12-8-5-9-13-17/h4-13,15H,3,14H2,1-2H3,(H,23,25)/t15-/m0/s1. The fourth-order valence-corrected chi connectivity index (χ4v) is 3.56. The van der Waals surface area contributed by atoms with Crippen LogP contribution >= 0.6 is 11.3 Å². The fraction of sp³-hybridized carbons (Fsp3) is 0.227. The van der Waals surface area contributed by atoms with Crippen molar-refractivity contribution in [2.75, 3.05) is 6.61 Å². The summed E-state index contributed by atoms with van der Waals surface area (Å²) in [4.78, 5) is 29.7. The summed E-state index contributed by atoms with van der Waals surface area (Å²) >= 11 is 1.27. The third kappa shape index (κ3) is 4.84. The summed E-state index contributed by atoms with van der Waals surface area (Å²) in [6, 6.07) is 19.2. The van der Waals surface area contributed by atoms with Crippen molar-refractivity contribution in [3.63, 3.8) is 0 Å². The highest BCUT2D eigenvalue weighted by molar-refractivity contribution is 7.17. The summed E-state index contributed by atoms with van der Waals surface area (Å²) in [6.45, 7) is 3.57. The van der Waals surface area contributed by atoms with Gasteiger partial charge in [-0.25, -0.2) is 9.78 Å². The van der Waals surface area contributed by atoms with E-state index in [2.05, 4.69) is 10.3 Å². The summed E-state index contributed by atoms with van der Waals surface area (Å²) in [5.74, 6) is -0.852. The van der Waals surface area contributed by atoms with Crippen molar-refractivity contribution in [3.05, 3.63) is 65.5 Å². The lowest BCUT2D eigenvalue weighted by atomic mass is 10.1. The lowest BCUT2D eigenvalue weighted by Gasteiger charge is -2.11. The van der Waals surface area contributed by atoms with Crippen molar-refractivity contribution >= 4 is 23.2 Å². The van der Waals surface area contributed by atoms with Crippen molar-refractivity contribution in [2.45, 2.75) is 26.3 Å². The van der Waals surface area contributed by atoms with Crippen LogP contribution in [-0.2, 0) is 9.53 Å². The maximum atomic E-state index is 12.7. The molecule has 2 aromatic carbocycles. The second-order valence-electron chi connectivity index (χ2n) is 6.38. The number of amides is 1. The minimum atomic E-state index is -0.544. The van der Waals surface area contributed by atoms with E-state index in [1.165, 1.54) is 11.3 Å². The first-order valence-electron chi connectivity index (χ1n) is 9.16. The Balaban J connectivity index is 1.85. The monoisotopic (exact) mass is 394 g/mol. The van der Waals surface area contributed by atoms with E-state index >= 15 is 0 Å². The van der Waals surface area contributed by atoms with Gasteiger partial charge >= 0.3 is 5.97 Å². The van der Waals surface area contributed by atoms with E-state index in [4.69, 9.17) is 4.74 Å². The predicted molar refractivity (Wildman–Crippen MR) is 111 cm³/mol. The zero-order valence-corrected chi connectivity index (χ0v) is 16.7. The number of nitrogens with zero attached hydrogens (tertiary/aromatic N) is 1. The van der Waals surface area contributed by atoms with Crippen LogP contribution < -0.4 is 5.32 Å². The van der Waals surface area contributed by atoms with Gasteiger partial charge in [-0.15, -0.1) is 11.3 Å². The number of aromatic nitrogens is 1. The molecule has 1 amide bonds. The normalized spacial score (nSPS) is 11.6. The highest BCUT2D eigenvalue weighted by Gasteiger charge is 2.22. The Labute approximate surface area is 168 Å². The van der Waals surface area contributed by atoms with Gasteiger partial charge in [-0.3, -0.25) is 4.79 Å². The van der Waals surface area contributed by atoms with Crippen LogP contribution in [0.2, 0.25) is 0 Å². The van der Waals surface area contributed by atoms with Gasteiger partial charge < -0.3 is 10.1 Å². The van der Waals surface area contributed by atoms with Crippen LogP contribution in [0, 0.1) is 0 Å². The molecule has 0 radical (unpaired) electrons. The minimum absolute atomic E-state index is 0.0409. The molecule has 0 aliphatic heterocycles. The van der Waals surface area contributed by atoms with Crippen molar-refractivity contribution in [1.82, 2.24) is 10.3 Å². The van der Waals surface area contributed by atoms with Crippen LogP contribution in [0.1, 0.15) is 29.9 Å². The van der Waals surface area contributed by atoms with E-state index in [0.717, 1.165) is 22.6 Å². The van der Waals surface area contributed by atoms with Crippen molar-refractivity contribution in [1.29, 1.82) is 0 Å². The number of hydrogen-bond acceptors (Lipinski definition) is 5. The van der Waals surface area contributed by atoms with Gasteiger partial charge in [-0.2, -0.15) is 0 Å². The third-order valence-electron chi connectivity index (χ3n) is 4.23. The van der Waals surface area contributed by atoms with Crippen LogP contribution in [0.15, 0.2) is 60.7 Å². The maximum absolute atomic E-state index is 12.7. The summed E-state index contributed by atoms with van der Waals surface area (Å²) in [7, 11) is 0. The third-order valence-corrected chi connectivity index (χ3v) is 5.32. The maximum Gasteiger partial charge on any atom is 0.351 e. The molecule has 0 saturated heterocycles. The topological polar surface area (TPSA) is 68.3 Å². The molecule has 6 heteroatoms. The largest absolute Gasteiger partial charge is 0.451 e. The Morgan fingerprint density at radius 3 is 2.25 bits per heavy atom. The SMILES string of the molecule is CC[C@H](C)NC(=O)COC(=O)c1sc(-c2ccccc2)nc1-c1ccccc1. The quantitative estimate of drug-likeness (QED) is 0.597. The number of rotatable bonds is 7. The number of nitrogens with one attached hydrogen (secondary N) is 1. The van der Waals surface area contributed by atoms with Crippen LogP contribution in [0.5, 0.6) is 0 Å². The van der Waals surface area contributed by atoms with E-state index < -0.39 is 5.97 Å². The number of thiazole rings is 1. The van der Waals surface area contributed by atoms with E-state index in [1.54, 1.807) is 0 Å². The highest BCUT2D eigenvalue weighted by Crippen LogP contribution is 2.34. The smallest absolute Gasteiger partial charge is 0.351 e. The Morgan fingerprint density at radius 2 is 1.64 bits per heavy atom. The lowest BCUT2D eigenvalue weighted by Crippen LogP contribution is -2.35.